The zero-order chi connectivity index (χ0) is 11.5. The molecule has 6 nitrogen and oxygen atoms in total. The standard InChI is InChI=1S/C10H16N4O2/c1-14-3-2-11-9(14)6-13-10(16)8-4-7(15)5-12-8/h2-3,7-8,12,15H,4-6H2,1H3,(H,13,16). The van der Waals surface area contributed by atoms with Gasteiger partial charge in [0.1, 0.15) is 5.82 Å². The van der Waals surface area contributed by atoms with Crippen molar-refractivity contribution in [3.63, 3.8) is 0 Å². The van der Waals surface area contributed by atoms with Gasteiger partial charge in [-0.1, -0.05) is 0 Å². The van der Waals surface area contributed by atoms with Gasteiger partial charge in [-0.2, -0.15) is 0 Å². The highest BCUT2D eigenvalue weighted by molar-refractivity contribution is 5.82. The number of rotatable bonds is 3. The highest BCUT2D eigenvalue weighted by Gasteiger charge is 2.27. The zero-order valence-electron chi connectivity index (χ0n) is 9.18. The Bertz CT molecular complexity index is 377. The van der Waals surface area contributed by atoms with Crippen LogP contribution in [0.2, 0.25) is 0 Å². The molecule has 88 valence electrons. The monoisotopic (exact) mass is 224 g/mol. The Hall–Kier alpha value is -1.40. The van der Waals surface area contributed by atoms with Crippen LogP contribution in [0.3, 0.4) is 0 Å². The predicted octanol–water partition coefficient (Wildman–Crippen LogP) is -1.24. The number of carbonyl (C=O) groups excluding carboxylic acids is 1. The number of aliphatic hydroxyl groups excluding tert-OH is 1. The van der Waals surface area contributed by atoms with Crippen molar-refractivity contribution in [1.29, 1.82) is 0 Å². The molecule has 2 unspecified atom stereocenters. The number of hydrogen-bond acceptors (Lipinski definition) is 4. The van der Waals surface area contributed by atoms with E-state index >= 15 is 0 Å². The third-order valence-electron chi connectivity index (χ3n) is 2.77. The molecule has 0 bridgehead atoms. The summed E-state index contributed by atoms with van der Waals surface area (Å²) in [6.45, 7) is 0.900. The fraction of sp³-hybridized carbons (Fsp3) is 0.600. The van der Waals surface area contributed by atoms with E-state index < -0.39 is 6.10 Å². The van der Waals surface area contributed by atoms with Crippen molar-refractivity contribution < 1.29 is 9.90 Å². The number of hydrogen-bond donors (Lipinski definition) is 3. The number of aryl methyl sites for hydroxylation is 1. The van der Waals surface area contributed by atoms with Crippen LogP contribution in [-0.2, 0) is 18.4 Å². The maximum Gasteiger partial charge on any atom is 0.237 e. The molecule has 0 radical (unpaired) electrons. The quantitative estimate of drug-likeness (QED) is 0.600. The Morgan fingerprint density at radius 3 is 3.19 bits per heavy atom. The van der Waals surface area contributed by atoms with Gasteiger partial charge in [-0.05, 0) is 6.42 Å². The molecule has 0 aliphatic carbocycles. The number of carbonyl (C=O) groups is 1. The largest absolute Gasteiger partial charge is 0.392 e. The summed E-state index contributed by atoms with van der Waals surface area (Å²) in [6, 6.07) is -0.282. The smallest absolute Gasteiger partial charge is 0.237 e. The van der Waals surface area contributed by atoms with E-state index in [1.807, 2.05) is 17.8 Å². The Morgan fingerprint density at radius 2 is 2.62 bits per heavy atom. The molecule has 0 spiro atoms. The van der Waals surface area contributed by atoms with Gasteiger partial charge >= 0.3 is 0 Å². The molecule has 2 atom stereocenters. The first kappa shape index (κ1) is 11.1. The maximum atomic E-state index is 11.7. The molecule has 2 heterocycles. The molecule has 1 saturated heterocycles. The first-order valence-electron chi connectivity index (χ1n) is 5.32. The minimum absolute atomic E-state index is 0.0837. The van der Waals surface area contributed by atoms with Gasteiger partial charge in [0, 0.05) is 26.0 Å². The lowest BCUT2D eigenvalue weighted by molar-refractivity contribution is -0.123. The summed E-state index contributed by atoms with van der Waals surface area (Å²) in [4.78, 5) is 15.8. The van der Waals surface area contributed by atoms with E-state index in [-0.39, 0.29) is 11.9 Å². The second-order valence-electron chi connectivity index (χ2n) is 4.02. The summed E-state index contributed by atoms with van der Waals surface area (Å²) < 4.78 is 1.86. The lowest BCUT2D eigenvalue weighted by atomic mass is 10.2. The second-order valence-corrected chi connectivity index (χ2v) is 4.02. The Balaban J connectivity index is 1.82. The second kappa shape index (κ2) is 4.63. The minimum atomic E-state index is -0.413. The van der Waals surface area contributed by atoms with E-state index in [9.17, 15) is 9.90 Å². The molecule has 1 aliphatic heterocycles. The van der Waals surface area contributed by atoms with Crippen molar-refractivity contribution in [2.75, 3.05) is 6.54 Å². The fourth-order valence-electron chi connectivity index (χ4n) is 1.77. The first-order valence-corrected chi connectivity index (χ1v) is 5.32. The van der Waals surface area contributed by atoms with Crippen LogP contribution in [0.25, 0.3) is 0 Å². The topological polar surface area (TPSA) is 79.2 Å². The van der Waals surface area contributed by atoms with Crippen LogP contribution in [0.5, 0.6) is 0 Å². The molecule has 1 aromatic rings. The molecule has 16 heavy (non-hydrogen) atoms. The molecule has 1 fully saturated rings. The maximum absolute atomic E-state index is 11.7. The number of imidazole rings is 1. The SMILES string of the molecule is Cn1ccnc1CNC(=O)C1CC(O)CN1. The van der Waals surface area contributed by atoms with Crippen molar-refractivity contribution in [2.24, 2.45) is 7.05 Å². The average Bonchev–Trinajstić information content (AvgIpc) is 2.84. The predicted molar refractivity (Wildman–Crippen MR) is 57.5 cm³/mol. The van der Waals surface area contributed by atoms with Crippen molar-refractivity contribution in [3.8, 4) is 0 Å². The highest BCUT2D eigenvalue weighted by atomic mass is 16.3. The van der Waals surface area contributed by atoms with Crippen molar-refractivity contribution in [2.45, 2.75) is 25.1 Å². The molecule has 1 aliphatic rings. The molecule has 0 saturated carbocycles. The number of nitrogens with one attached hydrogen (secondary N) is 2. The van der Waals surface area contributed by atoms with E-state index in [2.05, 4.69) is 15.6 Å². The Morgan fingerprint density at radius 1 is 1.81 bits per heavy atom. The lowest BCUT2D eigenvalue weighted by Gasteiger charge is -2.10. The van der Waals surface area contributed by atoms with Crippen LogP contribution in [0.4, 0.5) is 0 Å². The van der Waals surface area contributed by atoms with Crippen LogP contribution >= 0.6 is 0 Å². The summed E-state index contributed by atoms with van der Waals surface area (Å²) in [5, 5.41) is 15.0. The van der Waals surface area contributed by atoms with Crippen LogP contribution in [0, 0.1) is 0 Å². The molecular weight excluding hydrogens is 208 g/mol. The van der Waals surface area contributed by atoms with E-state index in [1.54, 1.807) is 6.20 Å². The van der Waals surface area contributed by atoms with Crippen LogP contribution in [0.15, 0.2) is 12.4 Å². The van der Waals surface area contributed by atoms with Crippen molar-refractivity contribution >= 4 is 5.91 Å². The van der Waals surface area contributed by atoms with Gasteiger partial charge in [0.25, 0.3) is 0 Å². The number of aliphatic hydroxyl groups is 1. The van der Waals surface area contributed by atoms with Gasteiger partial charge in [0.2, 0.25) is 5.91 Å². The van der Waals surface area contributed by atoms with Gasteiger partial charge in [0.15, 0.2) is 0 Å². The van der Waals surface area contributed by atoms with Gasteiger partial charge < -0.3 is 20.3 Å². The Labute approximate surface area is 93.7 Å². The molecule has 2 rings (SSSR count). The summed E-state index contributed by atoms with van der Waals surface area (Å²) in [5.41, 5.74) is 0. The molecule has 1 amide bonds. The van der Waals surface area contributed by atoms with E-state index in [0.717, 1.165) is 5.82 Å². The number of nitrogens with zero attached hydrogens (tertiary/aromatic N) is 2. The van der Waals surface area contributed by atoms with Crippen LogP contribution in [-0.4, -0.2) is 39.3 Å². The summed E-state index contributed by atoms with van der Waals surface area (Å²) >= 11 is 0. The van der Waals surface area contributed by atoms with E-state index in [1.165, 1.54) is 0 Å². The number of β-amino-alcohol motifs (C(OH)–C–C–N with tert-alkyl or cyclic N) is 1. The highest BCUT2D eigenvalue weighted by Crippen LogP contribution is 2.06. The molecule has 1 aromatic heterocycles. The van der Waals surface area contributed by atoms with Gasteiger partial charge in [-0.25, -0.2) is 4.98 Å². The first-order chi connectivity index (χ1) is 7.66. The zero-order valence-corrected chi connectivity index (χ0v) is 9.18. The van der Waals surface area contributed by atoms with Gasteiger partial charge in [-0.3, -0.25) is 4.79 Å². The Kier molecular flexibility index (Phi) is 3.21. The van der Waals surface area contributed by atoms with Gasteiger partial charge in [-0.15, -0.1) is 0 Å². The van der Waals surface area contributed by atoms with Crippen LogP contribution < -0.4 is 10.6 Å². The number of aromatic nitrogens is 2. The van der Waals surface area contributed by atoms with E-state index in [4.69, 9.17) is 0 Å². The van der Waals surface area contributed by atoms with E-state index in [0.29, 0.717) is 19.5 Å². The van der Waals surface area contributed by atoms with Crippen LogP contribution in [0.1, 0.15) is 12.2 Å². The van der Waals surface area contributed by atoms with Gasteiger partial charge in [0.05, 0.1) is 18.7 Å². The third kappa shape index (κ3) is 2.40. The summed E-state index contributed by atoms with van der Waals surface area (Å²) in [6.07, 6.45) is 3.59. The fourth-order valence-corrected chi connectivity index (χ4v) is 1.77. The molecule has 3 N–H and O–H groups in total. The molecule has 0 aromatic carbocycles. The summed E-state index contributed by atoms with van der Waals surface area (Å²) in [7, 11) is 1.88. The number of amides is 1. The minimum Gasteiger partial charge on any atom is -0.392 e. The third-order valence-corrected chi connectivity index (χ3v) is 2.77. The molecular formula is C10H16N4O2. The normalized spacial score (nSPS) is 24.6. The lowest BCUT2D eigenvalue weighted by Crippen LogP contribution is -2.40. The summed E-state index contributed by atoms with van der Waals surface area (Å²) in [5.74, 6) is 0.728. The van der Waals surface area contributed by atoms with Crippen molar-refractivity contribution in [3.05, 3.63) is 18.2 Å². The molecule has 6 heteroatoms. The average molecular weight is 224 g/mol. The van der Waals surface area contributed by atoms with Crippen molar-refractivity contribution in [1.82, 2.24) is 20.2 Å².